The lowest BCUT2D eigenvalue weighted by Crippen LogP contribution is -2.05. The average molecular weight is 257 g/mol. The van der Waals surface area contributed by atoms with Crippen LogP contribution in [0.3, 0.4) is 0 Å². The average Bonchev–Trinajstić information content (AvgIpc) is 2.39. The van der Waals surface area contributed by atoms with Crippen LogP contribution in [0, 0.1) is 17.1 Å². The zero-order valence-electron chi connectivity index (χ0n) is 10.3. The Labute approximate surface area is 110 Å². The lowest BCUT2D eigenvalue weighted by atomic mass is 10.1. The molecule has 1 unspecified atom stereocenters. The molecule has 96 valence electrons. The molecule has 1 aromatic carbocycles. The van der Waals surface area contributed by atoms with E-state index in [0.717, 1.165) is 5.56 Å². The number of benzene rings is 1. The molecule has 1 aromatic heterocycles. The first-order chi connectivity index (χ1) is 9.11. The van der Waals surface area contributed by atoms with Crippen LogP contribution in [0.15, 0.2) is 36.5 Å². The molecule has 0 amide bonds. The number of nitrogens with zero attached hydrogens (tertiary/aromatic N) is 2. The minimum absolute atomic E-state index is 0.136. The predicted octanol–water partition coefficient (Wildman–Crippen LogP) is 2.90. The molecule has 5 heteroatoms. The maximum absolute atomic E-state index is 13.4. The summed E-state index contributed by atoms with van der Waals surface area (Å²) in [6, 6.07) is 9.24. The third-order valence-corrected chi connectivity index (χ3v) is 2.59. The zero-order chi connectivity index (χ0) is 13.8. The largest absolute Gasteiger partial charge is 0.438 e. The summed E-state index contributed by atoms with van der Waals surface area (Å²) < 4.78 is 18.9. The van der Waals surface area contributed by atoms with Gasteiger partial charge in [-0.2, -0.15) is 5.26 Å². The fraction of sp³-hybridized carbons (Fsp3) is 0.143. The van der Waals surface area contributed by atoms with Crippen LogP contribution in [0.1, 0.15) is 24.1 Å². The van der Waals surface area contributed by atoms with E-state index in [-0.39, 0.29) is 23.2 Å². The molecule has 0 radical (unpaired) electrons. The minimum Gasteiger partial charge on any atom is -0.438 e. The van der Waals surface area contributed by atoms with Gasteiger partial charge in [-0.15, -0.1) is 0 Å². The van der Waals surface area contributed by atoms with Crippen LogP contribution >= 0.6 is 0 Å². The van der Waals surface area contributed by atoms with Gasteiger partial charge in [0.15, 0.2) is 0 Å². The summed E-state index contributed by atoms with van der Waals surface area (Å²) in [6.07, 6.45) is 1.55. The summed E-state index contributed by atoms with van der Waals surface area (Å²) in [5.74, 6) is -0.211. The van der Waals surface area contributed by atoms with E-state index in [1.807, 2.05) is 6.92 Å². The van der Waals surface area contributed by atoms with E-state index in [4.69, 9.17) is 15.7 Å². The number of rotatable bonds is 3. The van der Waals surface area contributed by atoms with Gasteiger partial charge in [0.25, 0.3) is 0 Å². The quantitative estimate of drug-likeness (QED) is 0.917. The predicted molar refractivity (Wildman–Crippen MR) is 68.0 cm³/mol. The molecule has 0 saturated carbocycles. The van der Waals surface area contributed by atoms with Gasteiger partial charge in [-0.3, -0.25) is 0 Å². The Balaban J connectivity index is 2.34. The molecule has 0 aliphatic heterocycles. The van der Waals surface area contributed by atoms with Crippen molar-refractivity contribution in [3.8, 4) is 17.7 Å². The fourth-order valence-electron chi connectivity index (χ4n) is 1.57. The Bertz CT molecular complexity index is 635. The number of nitrogens with two attached hydrogens (primary N) is 1. The van der Waals surface area contributed by atoms with Gasteiger partial charge in [0, 0.05) is 18.3 Å². The van der Waals surface area contributed by atoms with E-state index < -0.39 is 5.82 Å². The van der Waals surface area contributed by atoms with E-state index in [9.17, 15) is 4.39 Å². The van der Waals surface area contributed by atoms with Gasteiger partial charge in [0.2, 0.25) is 5.88 Å². The molecule has 2 aromatic rings. The SMILES string of the molecule is CC(N)c1ccnc(Oc2cccc(F)c2C#N)c1. The smallest absolute Gasteiger partial charge is 0.219 e. The number of pyridine rings is 1. The molecule has 0 bridgehead atoms. The first kappa shape index (κ1) is 13.0. The van der Waals surface area contributed by atoms with Gasteiger partial charge < -0.3 is 10.5 Å². The highest BCUT2D eigenvalue weighted by molar-refractivity contribution is 5.45. The van der Waals surface area contributed by atoms with Gasteiger partial charge in [-0.1, -0.05) is 6.07 Å². The Hall–Kier alpha value is -2.45. The summed E-state index contributed by atoms with van der Waals surface area (Å²) in [4.78, 5) is 4.01. The highest BCUT2D eigenvalue weighted by atomic mass is 19.1. The Morgan fingerprint density at radius 2 is 2.21 bits per heavy atom. The molecule has 19 heavy (non-hydrogen) atoms. The normalized spacial score (nSPS) is 11.7. The van der Waals surface area contributed by atoms with Crippen LogP contribution in [0.4, 0.5) is 4.39 Å². The molecule has 0 saturated heterocycles. The number of nitriles is 1. The molecule has 0 fully saturated rings. The van der Waals surface area contributed by atoms with Crippen molar-refractivity contribution < 1.29 is 9.13 Å². The van der Waals surface area contributed by atoms with Crippen molar-refractivity contribution in [1.29, 1.82) is 5.26 Å². The standard InChI is InChI=1S/C14H12FN3O/c1-9(17)10-5-6-18-14(7-10)19-13-4-2-3-12(15)11(13)8-16/h2-7,9H,17H2,1H3. The second kappa shape index (κ2) is 5.46. The van der Waals surface area contributed by atoms with E-state index in [1.54, 1.807) is 24.4 Å². The lowest BCUT2D eigenvalue weighted by molar-refractivity contribution is 0.455. The molecule has 1 atom stereocenters. The van der Waals surface area contributed by atoms with Crippen molar-refractivity contribution in [3.63, 3.8) is 0 Å². The van der Waals surface area contributed by atoms with Gasteiger partial charge in [0.1, 0.15) is 23.2 Å². The molecule has 0 spiro atoms. The Morgan fingerprint density at radius 1 is 1.42 bits per heavy atom. The third kappa shape index (κ3) is 2.87. The van der Waals surface area contributed by atoms with Crippen LogP contribution < -0.4 is 10.5 Å². The molecule has 2 N–H and O–H groups in total. The number of hydrogen-bond donors (Lipinski definition) is 1. The molecular weight excluding hydrogens is 245 g/mol. The summed E-state index contributed by atoms with van der Waals surface area (Å²) >= 11 is 0. The summed E-state index contributed by atoms with van der Waals surface area (Å²) in [7, 11) is 0. The number of hydrogen-bond acceptors (Lipinski definition) is 4. The van der Waals surface area contributed by atoms with Crippen molar-refractivity contribution in [2.24, 2.45) is 5.73 Å². The third-order valence-electron chi connectivity index (χ3n) is 2.59. The van der Waals surface area contributed by atoms with Crippen molar-refractivity contribution in [3.05, 3.63) is 53.5 Å². The van der Waals surface area contributed by atoms with E-state index in [0.29, 0.717) is 0 Å². The van der Waals surface area contributed by atoms with Crippen LogP contribution in [0.2, 0.25) is 0 Å². The van der Waals surface area contributed by atoms with Crippen LogP contribution in [-0.4, -0.2) is 4.98 Å². The zero-order valence-corrected chi connectivity index (χ0v) is 10.3. The maximum Gasteiger partial charge on any atom is 0.219 e. The summed E-state index contributed by atoms with van der Waals surface area (Å²) in [5, 5.41) is 8.91. The molecule has 1 heterocycles. The van der Waals surface area contributed by atoms with Crippen molar-refractivity contribution in [1.82, 2.24) is 4.98 Å². The Kier molecular flexibility index (Phi) is 3.74. The molecule has 0 aliphatic rings. The highest BCUT2D eigenvalue weighted by Gasteiger charge is 2.11. The molecular formula is C14H12FN3O. The highest BCUT2D eigenvalue weighted by Crippen LogP contribution is 2.26. The van der Waals surface area contributed by atoms with Gasteiger partial charge in [-0.05, 0) is 30.7 Å². The minimum atomic E-state index is -0.622. The van der Waals surface area contributed by atoms with E-state index >= 15 is 0 Å². The summed E-state index contributed by atoms with van der Waals surface area (Å²) in [6.45, 7) is 1.84. The van der Waals surface area contributed by atoms with Crippen LogP contribution in [0.5, 0.6) is 11.6 Å². The monoisotopic (exact) mass is 257 g/mol. The summed E-state index contributed by atoms with van der Waals surface area (Å²) in [5.41, 5.74) is 6.46. The van der Waals surface area contributed by atoms with Crippen LogP contribution in [0.25, 0.3) is 0 Å². The first-order valence-electron chi connectivity index (χ1n) is 5.70. The van der Waals surface area contributed by atoms with Gasteiger partial charge in [0.05, 0.1) is 0 Å². The number of aromatic nitrogens is 1. The van der Waals surface area contributed by atoms with Crippen molar-refractivity contribution >= 4 is 0 Å². The van der Waals surface area contributed by atoms with Crippen LogP contribution in [-0.2, 0) is 0 Å². The molecule has 0 aliphatic carbocycles. The second-order valence-electron chi connectivity index (χ2n) is 4.04. The Morgan fingerprint density at radius 3 is 2.89 bits per heavy atom. The van der Waals surface area contributed by atoms with Crippen molar-refractivity contribution in [2.45, 2.75) is 13.0 Å². The van der Waals surface area contributed by atoms with Gasteiger partial charge >= 0.3 is 0 Å². The first-order valence-corrected chi connectivity index (χ1v) is 5.70. The topological polar surface area (TPSA) is 71.9 Å². The number of halogens is 1. The lowest BCUT2D eigenvalue weighted by Gasteiger charge is -2.09. The molecule has 2 rings (SSSR count). The maximum atomic E-state index is 13.4. The van der Waals surface area contributed by atoms with E-state index in [1.165, 1.54) is 18.2 Å². The second-order valence-corrected chi connectivity index (χ2v) is 4.04. The van der Waals surface area contributed by atoms with E-state index in [2.05, 4.69) is 4.98 Å². The van der Waals surface area contributed by atoms with Crippen molar-refractivity contribution in [2.75, 3.05) is 0 Å². The molecule has 4 nitrogen and oxygen atoms in total. The van der Waals surface area contributed by atoms with Gasteiger partial charge in [-0.25, -0.2) is 9.37 Å². The fourth-order valence-corrected chi connectivity index (χ4v) is 1.57. The number of ether oxygens (including phenoxy) is 1.